The predicted octanol–water partition coefficient (Wildman–Crippen LogP) is 9.60. The van der Waals surface area contributed by atoms with E-state index in [0.29, 0.717) is 47.3 Å². The molecular weight excluding hydrogens is 865 g/mol. The molecule has 334 valence electrons. The van der Waals surface area contributed by atoms with Crippen LogP contribution in [-0.4, -0.2) is 62.0 Å². The molecule has 1 aliphatic heterocycles. The van der Waals surface area contributed by atoms with Crippen molar-refractivity contribution in [2.75, 3.05) is 5.32 Å². The van der Waals surface area contributed by atoms with E-state index < -0.39 is 5.25 Å². The molecule has 0 radical (unpaired) electrons. The molecule has 1 saturated heterocycles. The number of carbonyl (C=O) groups is 3. The summed E-state index contributed by atoms with van der Waals surface area (Å²) in [5, 5.41) is 19.3. The Balaban J connectivity index is 0.790. The molecule has 0 aliphatic carbocycles. The van der Waals surface area contributed by atoms with Crippen molar-refractivity contribution in [1.82, 2.24) is 45.0 Å². The number of nitrogens with zero attached hydrogens (tertiary/aromatic N) is 7. The molecule has 6 aromatic carbocycles. The number of aromatic nitrogens is 8. The largest absolute Gasteiger partial charge is 0.486 e. The number of imide groups is 1. The van der Waals surface area contributed by atoms with Crippen molar-refractivity contribution < 1.29 is 23.9 Å². The molecule has 1 fully saturated rings. The van der Waals surface area contributed by atoms with Crippen LogP contribution in [0.2, 0.25) is 0 Å². The Labute approximate surface area is 388 Å². The first-order chi connectivity index (χ1) is 32.6. The van der Waals surface area contributed by atoms with Crippen molar-refractivity contribution in [2.24, 2.45) is 7.05 Å². The highest BCUT2D eigenvalue weighted by Gasteiger charge is 2.31. The van der Waals surface area contributed by atoms with E-state index in [1.807, 2.05) is 116 Å². The summed E-state index contributed by atoms with van der Waals surface area (Å²) in [5.41, 5.74) is 10.6. The first-order valence-corrected chi connectivity index (χ1v) is 22.7. The highest BCUT2D eigenvalue weighted by Crippen LogP contribution is 2.32. The maximum Gasteiger partial charge on any atom is 0.286 e. The SMILES string of the molecule is CCCc1nc2c(C)cc(C(=O)Nc3ccc(Oc4ccc5nc(COc6ccc(CC7SC(=O)NC7=O)cc6)n(C)c5c4)cc3)cc2n1Cc1ccc(-c2ccccc2-c2nn[nH]n2)cc1. The van der Waals surface area contributed by atoms with E-state index in [0.717, 1.165) is 91.7 Å². The molecule has 1 unspecified atom stereocenters. The zero-order chi connectivity index (χ0) is 46.0. The summed E-state index contributed by atoms with van der Waals surface area (Å²) >= 11 is 1.02. The van der Waals surface area contributed by atoms with Gasteiger partial charge in [-0.15, -0.1) is 10.2 Å². The fourth-order valence-corrected chi connectivity index (χ4v) is 9.17. The quantitative estimate of drug-likeness (QED) is 0.0890. The van der Waals surface area contributed by atoms with Gasteiger partial charge in [0.15, 0.2) is 0 Å². The van der Waals surface area contributed by atoms with Gasteiger partial charge in [0.25, 0.3) is 11.1 Å². The number of benzene rings is 6. The van der Waals surface area contributed by atoms with E-state index in [-0.39, 0.29) is 23.7 Å². The first-order valence-electron chi connectivity index (χ1n) is 21.9. The van der Waals surface area contributed by atoms with Gasteiger partial charge in [-0.05, 0) is 113 Å². The molecule has 0 saturated carbocycles. The molecule has 16 heteroatoms. The Bertz CT molecular complexity index is 3290. The minimum absolute atomic E-state index is 0.223. The smallest absolute Gasteiger partial charge is 0.286 e. The van der Waals surface area contributed by atoms with E-state index in [1.165, 1.54) is 0 Å². The molecule has 0 spiro atoms. The number of aryl methyl sites for hydroxylation is 3. The number of thioether (sulfide) groups is 1. The van der Waals surface area contributed by atoms with Gasteiger partial charge in [-0.3, -0.25) is 19.7 Å². The summed E-state index contributed by atoms with van der Waals surface area (Å²) in [4.78, 5) is 47.1. The van der Waals surface area contributed by atoms with E-state index in [1.54, 1.807) is 0 Å². The maximum absolute atomic E-state index is 13.8. The number of ether oxygens (including phenoxy) is 2. The van der Waals surface area contributed by atoms with Crippen molar-refractivity contribution in [1.29, 1.82) is 0 Å². The lowest BCUT2D eigenvalue weighted by atomic mass is 9.98. The van der Waals surface area contributed by atoms with Crippen LogP contribution >= 0.6 is 11.8 Å². The number of carbonyl (C=O) groups excluding carboxylic acids is 3. The molecular formula is C51H44N10O5S. The van der Waals surface area contributed by atoms with Gasteiger partial charge in [0.1, 0.15) is 35.5 Å². The third-order valence-electron chi connectivity index (χ3n) is 11.8. The number of amides is 3. The molecule has 0 bridgehead atoms. The van der Waals surface area contributed by atoms with Gasteiger partial charge in [-0.25, -0.2) is 9.97 Å². The van der Waals surface area contributed by atoms with Crippen molar-refractivity contribution in [3.63, 3.8) is 0 Å². The molecule has 1 atom stereocenters. The fourth-order valence-electron chi connectivity index (χ4n) is 8.31. The fraction of sp³-hybridized carbons (Fsp3) is 0.176. The number of hydrogen-bond donors (Lipinski definition) is 3. The van der Waals surface area contributed by atoms with E-state index in [9.17, 15) is 14.4 Å². The number of imidazole rings is 2. The number of hydrogen-bond acceptors (Lipinski definition) is 11. The summed E-state index contributed by atoms with van der Waals surface area (Å²) in [7, 11) is 1.93. The summed E-state index contributed by atoms with van der Waals surface area (Å²) in [6.07, 6.45) is 2.20. The lowest BCUT2D eigenvalue weighted by molar-refractivity contribution is -0.118. The highest BCUT2D eigenvalue weighted by atomic mass is 32.2. The number of rotatable bonds is 15. The standard InChI is InChI=1S/C51H44N10O5S/c1-4-7-45-54-47-30(2)24-34(26-43(47)61(45)28-32-10-14-33(15-11-32)39-8-5-6-9-40(39)48-56-58-59-57-48)49(62)52-35-16-20-37(21-17-35)66-38-22-23-41-42(27-38)60(3)46(53-41)29-65-36-18-12-31(13-19-36)25-44-50(63)55-51(64)67-44/h5-6,8-24,26-27,44H,4,7,25,28-29H2,1-3H3,(H,52,62)(H,55,63,64)(H,56,57,58,59). The van der Waals surface area contributed by atoms with Gasteiger partial charge in [0.2, 0.25) is 11.7 Å². The molecule has 3 aromatic heterocycles. The second-order valence-electron chi connectivity index (χ2n) is 16.3. The van der Waals surface area contributed by atoms with Gasteiger partial charge in [0.05, 0.1) is 27.3 Å². The summed E-state index contributed by atoms with van der Waals surface area (Å²) in [6, 6.07) is 40.8. The van der Waals surface area contributed by atoms with Crippen molar-refractivity contribution in [3.05, 3.63) is 161 Å². The Hall–Kier alpha value is -8.11. The van der Waals surface area contributed by atoms with E-state index in [4.69, 9.17) is 19.4 Å². The first kappa shape index (κ1) is 42.8. The second kappa shape index (κ2) is 18.4. The Morgan fingerprint density at radius 2 is 1.55 bits per heavy atom. The van der Waals surface area contributed by atoms with Crippen molar-refractivity contribution in [2.45, 2.75) is 51.5 Å². The summed E-state index contributed by atoms with van der Waals surface area (Å²) in [6.45, 7) is 4.99. The van der Waals surface area contributed by atoms with Gasteiger partial charge in [-0.1, -0.05) is 79.3 Å². The summed E-state index contributed by atoms with van der Waals surface area (Å²) in [5.74, 6) is 3.69. The van der Waals surface area contributed by atoms with E-state index >= 15 is 0 Å². The molecule has 4 heterocycles. The molecule has 67 heavy (non-hydrogen) atoms. The normalized spacial score (nSPS) is 13.6. The van der Waals surface area contributed by atoms with Crippen LogP contribution in [0, 0.1) is 6.92 Å². The van der Waals surface area contributed by atoms with Crippen LogP contribution in [0.25, 0.3) is 44.6 Å². The topological polar surface area (TPSA) is 184 Å². The Morgan fingerprint density at radius 3 is 2.28 bits per heavy atom. The number of anilines is 1. The number of H-pyrrole nitrogens is 1. The lowest BCUT2D eigenvalue weighted by Crippen LogP contribution is -2.25. The second-order valence-corrected chi connectivity index (χ2v) is 17.5. The van der Waals surface area contributed by atoms with E-state index in [2.05, 4.69) is 73.1 Å². The number of fused-ring (bicyclic) bond motifs is 2. The summed E-state index contributed by atoms with van der Waals surface area (Å²) < 4.78 is 16.5. The third kappa shape index (κ3) is 9.11. The molecule has 9 aromatic rings. The minimum Gasteiger partial charge on any atom is -0.486 e. The van der Waals surface area contributed by atoms with Gasteiger partial charge >= 0.3 is 0 Å². The van der Waals surface area contributed by atoms with Gasteiger partial charge < -0.3 is 23.9 Å². The molecule has 3 amide bonds. The van der Waals surface area contributed by atoms with Crippen molar-refractivity contribution in [3.8, 4) is 39.8 Å². The molecule has 15 nitrogen and oxygen atoms in total. The number of nitrogens with one attached hydrogen (secondary N) is 3. The Kier molecular flexibility index (Phi) is 11.8. The zero-order valence-electron chi connectivity index (χ0n) is 36.8. The average Bonchev–Trinajstić information content (AvgIpc) is 4.14. The highest BCUT2D eigenvalue weighted by molar-refractivity contribution is 8.15. The third-order valence-corrected chi connectivity index (χ3v) is 12.7. The predicted molar refractivity (Wildman–Crippen MR) is 257 cm³/mol. The van der Waals surface area contributed by atoms with Crippen LogP contribution in [0.4, 0.5) is 10.5 Å². The monoisotopic (exact) mass is 908 g/mol. The maximum atomic E-state index is 13.8. The van der Waals surface area contributed by atoms with Crippen LogP contribution in [0.5, 0.6) is 17.2 Å². The Morgan fingerprint density at radius 1 is 0.806 bits per heavy atom. The number of tetrazole rings is 1. The van der Waals surface area contributed by atoms with Crippen LogP contribution in [0.3, 0.4) is 0 Å². The van der Waals surface area contributed by atoms with Crippen molar-refractivity contribution >= 4 is 56.6 Å². The molecule has 3 N–H and O–H groups in total. The van der Waals surface area contributed by atoms with Crippen LogP contribution in [-0.2, 0) is 37.8 Å². The van der Waals surface area contributed by atoms with Gasteiger partial charge in [-0.2, -0.15) is 5.21 Å². The van der Waals surface area contributed by atoms with Crippen LogP contribution in [0.15, 0.2) is 127 Å². The van der Waals surface area contributed by atoms with Crippen LogP contribution < -0.4 is 20.1 Å². The zero-order valence-corrected chi connectivity index (χ0v) is 37.6. The average molecular weight is 909 g/mol. The minimum atomic E-state index is -0.417. The lowest BCUT2D eigenvalue weighted by Gasteiger charge is -2.12. The number of aromatic amines is 1. The van der Waals surface area contributed by atoms with Gasteiger partial charge in [0, 0.05) is 42.9 Å². The molecule has 1 aliphatic rings. The van der Waals surface area contributed by atoms with Crippen LogP contribution in [0.1, 0.15) is 52.0 Å². The molecule has 10 rings (SSSR count).